The lowest BCUT2D eigenvalue weighted by Crippen LogP contribution is -2.13. The fourth-order valence-electron chi connectivity index (χ4n) is 2.14. The van der Waals surface area contributed by atoms with Crippen LogP contribution in [0.4, 0.5) is 5.69 Å². The Kier molecular flexibility index (Phi) is 6.21. The minimum Gasteiger partial charge on any atom is -0.496 e. The standard InChI is InChI=1S/C18H18ClNO4/c1-3-24-17(21)10-12-4-7-14(8-5-12)20-18(22)15-11-13(19)6-9-16(15)23-2/h4-9,11H,3,10H2,1-2H3,(H,20,22). The van der Waals surface area contributed by atoms with E-state index in [4.69, 9.17) is 21.1 Å². The molecule has 0 aliphatic rings. The van der Waals surface area contributed by atoms with Crippen molar-refractivity contribution in [3.63, 3.8) is 0 Å². The lowest BCUT2D eigenvalue weighted by Gasteiger charge is -2.10. The zero-order valence-corrected chi connectivity index (χ0v) is 14.2. The van der Waals surface area contributed by atoms with Crippen molar-refractivity contribution in [3.05, 3.63) is 58.6 Å². The summed E-state index contributed by atoms with van der Waals surface area (Å²) in [7, 11) is 1.49. The molecule has 2 aromatic rings. The molecule has 2 aromatic carbocycles. The molecule has 2 rings (SSSR count). The second-order valence-corrected chi connectivity index (χ2v) is 5.41. The Morgan fingerprint density at radius 1 is 1.12 bits per heavy atom. The molecule has 24 heavy (non-hydrogen) atoms. The Bertz CT molecular complexity index is 728. The molecule has 0 saturated heterocycles. The number of hydrogen-bond acceptors (Lipinski definition) is 4. The van der Waals surface area contributed by atoms with E-state index in [-0.39, 0.29) is 18.3 Å². The van der Waals surface area contributed by atoms with Crippen LogP contribution in [0.15, 0.2) is 42.5 Å². The zero-order valence-electron chi connectivity index (χ0n) is 13.5. The summed E-state index contributed by atoms with van der Waals surface area (Å²) in [6.07, 6.45) is 0.199. The van der Waals surface area contributed by atoms with E-state index in [0.29, 0.717) is 28.6 Å². The molecular formula is C18H18ClNO4. The predicted molar refractivity (Wildman–Crippen MR) is 92.7 cm³/mol. The number of nitrogens with one attached hydrogen (secondary N) is 1. The summed E-state index contributed by atoms with van der Waals surface area (Å²) in [5.74, 6) is -0.165. The van der Waals surface area contributed by atoms with Gasteiger partial charge in [0.25, 0.3) is 5.91 Å². The number of methoxy groups -OCH3 is 1. The van der Waals surface area contributed by atoms with E-state index in [0.717, 1.165) is 5.56 Å². The SMILES string of the molecule is CCOC(=O)Cc1ccc(NC(=O)c2cc(Cl)ccc2OC)cc1. The quantitative estimate of drug-likeness (QED) is 0.809. The molecule has 6 heteroatoms. The molecule has 0 fully saturated rings. The first-order valence-electron chi connectivity index (χ1n) is 7.43. The molecule has 0 heterocycles. The highest BCUT2D eigenvalue weighted by atomic mass is 35.5. The molecule has 1 amide bonds. The Labute approximate surface area is 145 Å². The highest BCUT2D eigenvalue weighted by Crippen LogP contribution is 2.23. The van der Waals surface area contributed by atoms with Crippen LogP contribution in [0.2, 0.25) is 5.02 Å². The molecule has 1 N–H and O–H groups in total. The Hall–Kier alpha value is -2.53. The van der Waals surface area contributed by atoms with Gasteiger partial charge in [0.15, 0.2) is 0 Å². The van der Waals surface area contributed by atoms with Crippen LogP contribution in [0.3, 0.4) is 0 Å². The lowest BCUT2D eigenvalue weighted by atomic mass is 10.1. The van der Waals surface area contributed by atoms with Crippen LogP contribution in [0.1, 0.15) is 22.8 Å². The summed E-state index contributed by atoms with van der Waals surface area (Å²) in [5.41, 5.74) is 1.77. The highest BCUT2D eigenvalue weighted by Gasteiger charge is 2.13. The van der Waals surface area contributed by atoms with Gasteiger partial charge in [-0.3, -0.25) is 9.59 Å². The van der Waals surface area contributed by atoms with Crippen LogP contribution < -0.4 is 10.1 Å². The van der Waals surface area contributed by atoms with Crippen molar-refractivity contribution in [2.24, 2.45) is 0 Å². The molecule has 0 aliphatic heterocycles. The first-order valence-corrected chi connectivity index (χ1v) is 7.80. The van der Waals surface area contributed by atoms with Crippen LogP contribution in [0.5, 0.6) is 5.75 Å². The summed E-state index contributed by atoms with van der Waals surface area (Å²) in [6.45, 7) is 2.12. The molecule has 5 nitrogen and oxygen atoms in total. The number of rotatable bonds is 6. The van der Waals surface area contributed by atoms with Crippen molar-refractivity contribution in [1.29, 1.82) is 0 Å². The number of esters is 1. The number of anilines is 1. The molecule has 0 unspecified atom stereocenters. The minimum absolute atomic E-state index is 0.199. The number of carbonyl (C=O) groups excluding carboxylic acids is 2. The van der Waals surface area contributed by atoms with Crippen LogP contribution in [-0.4, -0.2) is 25.6 Å². The summed E-state index contributed by atoms with van der Waals surface area (Å²) >= 11 is 5.94. The van der Waals surface area contributed by atoms with Crippen molar-refractivity contribution in [3.8, 4) is 5.75 Å². The number of ether oxygens (including phenoxy) is 2. The summed E-state index contributed by atoms with van der Waals surface area (Å²) in [5, 5.41) is 3.22. The molecule has 0 radical (unpaired) electrons. The Morgan fingerprint density at radius 2 is 1.83 bits per heavy atom. The summed E-state index contributed by atoms with van der Waals surface area (Å²) in [6, 6.07) is 11.8. The predicted octanol–water partition coefficient (Wildman–Crippen LogP) is 3.71. The molecule has 0 aliphatic carbocycles. The van der Waals surface area contributed by atoms with Crippen molar-refractivity contribution in [2.75, 3.05) is 19.0 Å². The number of benzene rings is 2. The van der Waals surface area contributed by atoms with Gasteiger partial charge in [-0.05, 0) is 42.8 Å². The minimum atomic E-state index is -0.326. The van der Waals surface area contributed by atoms with Gasteiger partial charge in [0.1, 0.15) is 5.75 Å². The third-order valence-electron chi connectivity index (χ3n) is 3.27. The van der Waals surface area contributed by atoms with Gasteiger partial charge in [0.05, 0.1) is 25.7 Å². The second-order valence-electron chi connectivity index (χ2n) is 4.98. The third-order valence-corrected chi connectivity index (χ3v) is 3.51. The van der Waals surface area contributed by atoms with Crippen molar-refractivity contribution >= 4 is 29.2 Å². The fourth-order valence-corrected chi connectivity index (χ4v) is 2.31. The van der Waals surface area contributed by atoms with Gasteiger partial charge in [0, 0.05) is 10.7 Å². The number of halogens is 1. The van der Waals surface area contributed by atoms with Crippen molar-refractivity contribution in [2.45, 2.75) is 13.3 Å². The molecule has 0 spiro atoms. The smallest absolute Gasteiger partial charge is 0.310 e. The second kappa shape index (κ2) is 8.36. The van der Waals surface area contributed by atoms with Crippen molar-refractivity contribution < 1.29 is 19.1 Å². The van der Waals surface area contributed by atoms with Crippen molar-refractivity contribution in [1.82, 2.24) is 0 Å². The Balaban J connectivity index is 2.07. The summed E-state index contributed by atoms with van der Waals surface area (Å²) < 4.78 is 10.1. The van der Waals surface area contributed by atoms with E-state index in [9.17, 15) is 9.59 Å². The fraction of sp³-hybridized carbons (Fsp3) is 0.222. The summed E-state index contributed by atoms with van der Waals surface area (Å²) in [4.78, 5) is 23.8. The molecule has 0 bridgehead atoms. The van der Waals surface area contributed by atoms with Gasteiger partial charge in [-0.2, -0.15) is 0 Å². The maximum absolute atomic E-state index is 12.4. The van der Waals surface area contributed by atoms with E-state index in [1.54, 1.807) is 49.4 Å². The van der Waals surface area contributed by atoms with Gasteiger partial charge in [-0.1, -0.05) is 23.7 Å². The zero-order chi connectivity index (χ0) is 17.5. The Morgan fingerprint density at radius 3 is 2.46 bits per heavy atom. The van der Waals surface area contributed by atoms with Crippen LogP contribution >= 0.6 is 11.6 Å². The molecule has 0 aromatic heterocycles. The maximum Gasteiger partial charge on any atom is 0.310 e. The lowest BCUT2D eigenvalue weighted by molar-refractivity contribution is -0.142. The first-order chi connectivity index (χ1) is 11.5. The van der Waals surface area contributed by atoms with Crippen LogP contribution in [0, 0.1) is 0 Å². The largest absolute Gasteiger partial charge is 0.496 e. The average Bonchev–Trinajstić information content (AvgIpc) is 2.56. The van der Waals surface area contributed by atoms with Crippen LogP contribution in [0.25, 0.3) is 0 Å². The number of hydrogen-bond donors (Lipinski definition) is 1. The monoisotopic (exact) mass is 347 g/mol. The first kappa shape index (κ1) is 17.8. The van der Waals surface area contributed by atoms with E-state index in [1.165, 1.54) is 7.11 Å². The van der Waals surface area contributed by atoms with E-state index in [2.05, 4.69) is 5.32 Å². The maximum atomic E-state index is 12.4. The molecule has 126 valence electrons. The number of carbonyl (C=O) groups is 2. The van der Waals surface area contributed by atoms with Gasteiger partial charge < -0.3 is 14.8 Å². The van der Waals surface area contributed by atoms with Gasteiger partial charge in [0.2, 0.25) is 0 Å². The van der Waals surface area contributed by atoms with Gasteiger partial charge in [-0.15, -0.1) is 0 Å². The van der Waals surface area contributed by atoms with Crippen LogP contribution in [-0.2, 0) is 16.0 Å². The normalized spacial score (nSPS) is 10.1. The average molecular weight is 348 g/mol. The molecule has 0 atom stereocenters. The number of amides is 1. The molecular weight excluding hydrogens is 330 g/mol. The van der Waals surface area contributed by atoms with Gasteiger partial charge in [-0.25, -0.2) is 0 Å². The van der Waals surface area contributed by atoms with E-state index in [1.807, 2.05) is 0 Å². The van der Waals surface area contributed by atoms with E-state index >= 15 is 0 Å². The highest BCUT2D eigenvalue weighted by molar-refractivity contribution is 6.31. The third kappa shape index (κ3) is 4.73. The topological polar surface area (TPSA) is 64.6 Å². The molecule has 0 saturated carbocycles. The van der Waals surface area contributed by atoms with Gasteiger partial charge >= 0.3 is 5.97 Å². The van der Waals surface area contributed by atoms with E-state index < -0.39 is 0 Å².